The number of sulfonamides is 1. The molecule has 0 aliphatic rings. The fourth-order valence-electron chi connectivity index (χ4n) is 1.90. The van der Waals surface area contributed by atoms with E-state index >= 15 is 0 Å². The van der Waals surface area contributed by atoms with Crippen molar-refractivity contribution in [3.05, 3.63) is 42.6 Å². The molecule has 0 atom stereocenters. The average molecular weight is 303 g/mol. The Morgan fingerprint density at radius 1 is 1.14 bits per heavy atom. The van der Waals surface area contributed by atoms with E-state index in [9.17, 15) is 8.42 Å². The van der Waals surface area contributed by atoms with Gasteiger partial charge >= 0.3 is 0 Å². The number of hydrogen-bond donors (Lipinski definition) is 2. The summed E-state index contributed by atoms with van der Waals surface area (Å²) >= 11 is 0. The highest BCUT2D eigenvalue weighted by Crippen LogP contribution is 2.18. The summed E-state index contributed by atoms with van der Waals surface area (Å²) in [6.45, 7) is 1.89. The van der Waals surface area contributed by atoms with E-state index in [0.717, 1.165) is 0 Å². The van der Waals surface area contributed by atoms with Gasteiger partial charge in [0.05, 0.1) is 22.9 Å². The number of fused-ring (bicyclic) bond motifs is 1. The van der Waals surface area contributed by atoms with Gasteiger partial charge in [-0.3, -0.25) is 14.7 Å². The third-order valence-electron chi connectivity index (χ3n) is 2.95. The van der Waals surface area contributed by atoms with Crippen molar-refractivity contribution in [1.29, 1.82) is 0 Å². The van der Waals surface area contributed by atoms with Gasteiger partial charge in [-0.25, -0.2) is 4.98 Å². The molecule has 2 aromatic heterocycles. The fraction of sp³-hybridized carbons (Fsp3) is 0.154. The largest absolute Gasteiger partial charge is 0.332 e. The molecule has 8 heteroatoms. The summed E-state index contributed by atoms with van der Waals surface area (Å²) < 4.78 is 27.0. The zero-order valence-electron chi connectivity index (χ0n) is 11.2. The van der Waals surface area contributed by atoms with Crippen molar-refractivity contribution < 1.29 is 8.42 Å². The molecule has 3 rings (SSSR count). The van der Waals surface area contributed by atoms with Crippen LogP contribution in [0.15, 0.2) is 41.8 Å². The molecule has 21 heavy (non-hydrogen) atoms. The molecule has 0 saturated carbocycles. The first-order valence-electron chi connectivity index (χ1n) is 6.36. The van der Waals surface area contributed by atoms with E-state index in [1.165, 1.54) is 6.20 Å². The molecule has 2 heterocycles. The molecular formula is C13H13N5O2S. The van der Waals surface area contributed by atoms with Crippen LogP contribution in [0.2, 0.25) is 0 Å². The van der Waals surface area contributed by atoms with Crippen LogP contribution in [0.1, 0.15) is 12.7 Å². The summed E-state index contributed by atoms with van der Waals surface area (Å²) in [4.78, 5) is 15.0. The van der Waals surface area contributed by atoms with Crippen LogP contribution < -0.4 is 4.72 Å². The topological polar surface area (TPSA) is 101 Å². The van der Waals surface area contributed by atoms with Gasteiger partial charge in [0.1, 0.15) is 5.82 Å². The van der Waals surface area contributed by atoms with Crippen LogP contribution >= 0.6 is 0 Å². The number of anilines is 1. The Bertz CT molecular complexity index is 888. The fourth-order valence-corrected chi connectivity index (χ4v) is 2.89. The lowest BCUT2D eigenvalue weighted by Crippen LogP contribution is -2.13. The number of nitrogens with zero attached hydrogens (tertiary/aromatic N) is 3. The molecule has 0 spiro atoms. The van der Waals surface area contributed by atoms with Gasteiger partial charge in [0.25, 0.3) is 10.0 Å². The Kier molecular flexibility index (Phi) is 3.30. The SMILES string of the molecule is CCc1ncc(S(=O)(=O)Nc2ccc3nccnc3c2)[nH]1. The van der Waals surface area contributed by atoms with E-state index in [4.69, 9.17) is 0 Å². The second-order valence-corrected chi connectivity index (χ2v) is 6.06. The van der Waals surface area contributed by atoms with Crippen LogP contribution in [0.4, 0.5) is 5.69 Å². The maximum atomic E-state index is 12.2. The van der Waals surface area contributed by atoms with Crippen molar-refractivity contribution in [2.75, 3.05) is 4.72 Å². The smallest absolute Gasteiger partial charge is 0.278 e. The third kappa shape index (κ3) is 2.70. The normalized spacial score (nSPS) is 11.7. The number of aromatic nitrogens is 4. The predicted molar refractivity (Wildman–Crippen MR) is 78.3 cm³/mol. The van der Waals surface area contributed by atoms with Crippen molar-refractivity contribution in [1.82, 2.24) is 19.9 Å². The van der Waals surface area contributed by atoms with Gasteiger partial charge in [0.15, 0.2) is 5.03 Å². The molecule has 0 radical (unpaired) electrons. The van der Waals surface area contributed by atoms with Gasteiger partial charge in [0, 0.05) is 18.8 Å². The van der Waals surface area contributed by atoms with Crippen LogP contribution in [-0.4, -0.2) is 28.4 Å². The molecule has 108 valence electrons. The van der Waals surface area contributed by atoms with Gasteiger partial charge in [-0.05, 0) is 18.2 Å². The van der Waals surface area contributed by atoms with Crippen LogP contribution in [0.3, 0.4) is 0 Å². The lowest BCUT2D eigenvalue weighted by atomic mass is 10.3. The lowest BCUT2D eigenvalue weighted by molar-refractivity contribution is 0.598. The van der Waals surface area contributed by atoms with Gasteiger partial charge in [-0.15, -0.1) is 0 Å². The maximum Gasteiger partial charge on any atom is 0.278 e. The monoisotopic (exact) mass is 303 g/mol. The Morgan fingerprint density at radius 3 is 2.62 bits per heavy atom. The van der Waals surface area contributed by atoms with E-state index < -0.39 is 10.0 Å². The number of imidazole rings is 1. The third-order valence-corrected chi connectivity index (χ3v) is 4.24. The molecule has 0 fully saturated rings. The highest BCUT2D eigenvalue weighted by atomic mass is 32.2. The number of aromatic amines is 1. The van der Waals surface area contributed by atoms with E-state index in [2.05, 4.69) is 24.7 Å². The second kappa shape index (κ2) is 5.13. The van der Waals surface area contributed by atoms with E-state index in [-0.39, 0.29) is 5.03 Å². The summed E-state index contributed by atoms with van der Waals surface area (Å²) in [6, 6.07) is 4.99. The zero-order chi connectivity index (χ0) is 14.9. The molecule has 3 aromatic rings. The lowest BCUT2D eigenvalue weighted by Gasteiger charge is -2.06. The number of hydrogen-bond acceptors (Lipinski definition) is 5. The van der Waals surface area contributed by atoms with Crippen molar-refractivity contribution >= 4 is 26.7 Å². The molecule has 1 aromatic carbocycles. The summed E-state index contributed by atoms with van der Waals surface area (Å²) in [6.07, 6.45) is 5.09. The molecule has 0 aliphatic heterocycles. The maximum absolute atomic E-state index is 12.2. The zero-order valence-corrected chi connectivity index (χ0v) is 12.1. The first-order chi connectivity index (χ1) is 10.1. The van der Waals surface area contributed by atoms with Gasteiger partial charge < -0.3 is 4.98 Å². The first kappa shape index (κ1) is 13.5. The number of rotatable bonds is 4. The molecule has 0 bridgehead atoms. The van der Waals surface area contributed by atoms with Crippen LogP contribution in [0, 0.1) is 0 Å². The first-order valence-corrected chi connectivity index (χ1v) is 7.84. The van der Waals surface area contributed by atoms with Crippen molar-refractivity contribution in [2.45, 2.75) is 18.4 Å². The van der Waals surface area contributed by atoms with Crippen LogP contribution in [0.5, 0.6) is 0 Å². The summed E-state index contributed by atoms with van der Waals surface area (Å²) in [5.74, 6) is 0.625. The van der Waals surface area contributed by atoms with Crippen molar-refractivity contribution in [2.24, 2.45) is 0 Å². The van der Waals surface area contributed by atoms with E-state index in [1.807, 2.05) is 6.92 Å². The van der Waals surface area contributed by atoms with Gasteiger partial charge in [0.2, 0.25) is 0 Å². The second-order valence-electron chi connectivity index (χ2n) is 4.41. The predicted octanol–water partition coefficient (Wildman–Crippen LogP) is 1.72. The average Bonchev–Trinajstić information content (AvgIpc) is 2.96. The molecular weight excluding hydrogens is 290 g/mol. The standard InChI is InChI=1S/C13H13N5O2S/c1-2-12-16-8-13(17-12)21(19,20)18-9-3-4-10-11(7-9)15-6-5-14-10/h3-8,18H,2H2,1H3,(H,16,17). The highest BCUT2D eigenvalue weighted by molar-refractivity contribution is 7.92. The molecule has 0 amide bonds. The van der Waals surface area contributed by atoms with Crippen LogP contribution in [0.25, 0.3) is 11.0 Å². The Balaban J connectivity index is 1.93. The molecule has 0 saturated heterocycles. The summed E-state index contributed by atoms with van der Waals surface area (Å²) in [7, 11) is -3.69. The minimum absolute atomic E-state index is 0.0404. The minimum Gasteiger partial charge on any atom is -0.332 e. The quantitative estimate of drug-likeness (QED) is 0.764. The Morgan fingerprint density at radius 2 is 1.90 bits per heavy atom. The van der Waals surface area contributed by atoms with E-state index in [0.29, 0.717) is 29.0 Å². The van der Waals surface area contributed by atoms with Gasteiger partial charge in [-0.2, -0.15) is 8.42 Å². The van der Waals surface area contributed by atoms with Crippen LogP contribution in [-0.2, 0) is 16.4 Å². The minimum atomic E-state index is -3.69. The number of nitrogens with one attached hydrogen (secondary N) is 2. The van der Waals surface area contributed by atoms with Crippen molar-refractivity contribution in [3.63, 3.8) is 0 Å². The molecule has 2 N–H and O–H groups in total. The number of benzene rings is 1. The number of H-pyrrole nitrogens is 1. The molecule has 0 aliphatic carbocycles. The summed E-state index contributed by atoms with van der Waals surface area (Å²) in [5.41, 5.74) is 1.75. The Labute approximate surface area is 121 Å². The highest BCUT2D eigenvalue weighted by Gasteiger charge is 2.17. The van der Waals surface area contributed by atoms with Gasteiger partial charge in [-0.1, -0.05) is 6.92 Å². The van der Waals surface area contributed by atoms with E-state index in [1.54, 1.807) is 30.6 Å². The molecule has 0 unspecified atom stereocenters. The molecule has 7 nitrogen and oxygen atoms in total. The number of aryl methyl sites for hydroxylation is 1. The summed E-state index contributed by atoms with van der Waals surface area (Å²) in [5, 5.41) is 0.0404. The Hall–Kier alpha value is -2.48. The van der Waals surface area contributed by atoms with Crippen molar-refractivity contribution in [3.8, 4) is 0 Å².